The van der Waals surface area contributed by atoms with Gasteiger partial charge in [-0.25, -0.2) is 4.39 Å². The van der Waals surface area contributed by atoms with Crippen LogP contribution in [0.4, 0.5) is 4.39 Å². The number of ether oxygens (including phenoxy) is 1. The molecule has 3 atom stereocenters. The molecule has 0 unspecified atom stereocenters. The van der Waals surface area contributed by atoms with Gasteiger partial charge in [-0.15, -0.1) is 0 Å². The van der Waals surface area contributed by atoms with Crippen LogP contribution in [-0.2, 0) is 16.0 Å². The Labute approximate surface area is 175 Å². The van der Waals surface area contributed by atoms with Crippen LogP contribution in [0.15, 0.2) is 42.5 Å². The van der Waals surface area contributed by atoms with Gasteiger partial charge in [-0.1, -0.05) is 30.3 Å². The summed E-state index contributed by atoms with van der Waals surface area (Å²) in [6.45, 7) is 2.60. The summed E-state index contributed by atoms with van der Waals surface area (Å²) in [5.74, 6) is 0.0414. The van der Waals surface area contributed by atoms with E-state index in [9.17, 15) is 9.18 Å². The fourth-order valence-corrected chi connectivity index (χ4v) is 5.56. The highest BCUT2D eigenvalue weighted by Gasteiger charge is 2.41. The average Bonchev–Trinajstić information content (AvgIpc) is 3.08. The lowest BCUT2D eigenvalue weighted by atomic mass is 9.87. The van der Waals surface area contributed by atoms with Crippen molar-refractivity contribution >= 4 is 16.8 Å². The Morgan fingerprint density at radius 3 is 2.66 bits per heavy atom. The molecule has 5 rings (SSSR count). The predicted octanol–water partition coefficient (Wildman–Crippen LogP) is 4.82. The second-order valence-corrected chi connectivity index (χ2v) is 8.99. The van der Waals surface area contributed by atoms with Crippen LogP contribution in [0.3, 0.4) is 0 Å². The van der Waals surface area contributed by atoms with E-state index in [0.29, 0.717) is 0 Å². The van der Waals surface area contributed by atoms with Crippen molar-refractivity contribution < 1.29 is 13.9 Å². The van der Waals surface area contributed by atoms with Gasteiger partial charge in [0.05, 0.1) is 12.2 Å². The molecule has 0 amide bonds. The summed E-state index contributed by atoms with van der Waals surface area (Å²) >= 11 is 5.67. The number of fused-ring (bicyclic) bond motifs is 5. The first-order valence-electron chi connectivity index (χ1n) is 10.5. The standard InChI is InChI=1S/C24H25ClFNO2/c25-24(28)15-7-9-27(10-8-15)14-19-13-22-20-4-2-1-3-16(20)11-17-5-6-18(26)12-21(17)23(22)29-19/h1-6,12,15,19,22-23H,7-11,13-14H2/t19-,22-,23+/m1/s1. The molecule has 2 saturated heterocycles. The maximum absolute atomic E-state index is 14.1. The van der Waals surface area contributed by atoms with Gasteiger partial charge in [0.25, 0.3) is 0 Å². The van der Waals surface area contributed by atoms with E-state index in [0.717, 1.165) is 56.4 Å². The molecule has 5 heteroatoms. The van der Waals surface area contributed by atoms with Crippen molar-refractivity contribution in [1.29, 1.82) is 0 Å². The maximum Gasteiger partial charge on any atom is 0.224 e. The molecule has 2 heterocycles. The molecule has 3 aliphatic rings. The van der Waals surface area contributed by atoms with Crippen LogP contribution < -0.4 is 0 Å². The molecule has 0 spiro atoms. The number of hydrogen-bond acceptors (Lipinski definition) is 3. The predicted molar refractivity (Wildman–Crippen MR) is 111 cm³/mol. The Morgan fingerprint density at radius 2 is 1.86 bits per heavy atom. The third kappa shape index (κ3) is 3.74. The van der Waals surface area contributed by atoms with E-state index in [1.807, 2.05) is 6.07 Å². The number of carbonyl (C=O) groups is 1. The van der Waals surface area contributed by atoms with Crippen LogP contribution in [0.5, 0.6) is 0 Å². The summed E-state index contributed by atoms with van der Waals surface area (Å²) in [7, 11) is 0. The van der Waals surface area contributed by atoms with Crippen LogP contribution in [0.25, 0.3) is 0 Å². The van der Waals surface area contributed by atoms with Crippen LogP contribution in [0, 0.1) is 11.7 Å². The molecule has 0 bridgehead atoms. The van der Waals surface area contributed by atoms with E-state index in [1.54, 1.807) is 12.1 Å². The summed E-state index contributed by atoms with van der Waals surface area (Å²) in [6.07, 6.45) is 3.41. The second kappa shape index (κ2) is 7.82. The van der Waals surface area contributed by atoms with E-state index in [4.69, 9.17) is 16.3 Å². The van der Waals surface area contributed by atoms with Crippen molar-refractivity contribution in [3.63, 3.8) is 0 Å². The van der Waals surface area contributed by atoms with E-state index >= 15 is 0 Å². The van der Waals surface area contributed by atoms with Crippen LogP contribution in [0.1, 0.15) is 53.5 Å². The number of benzene rings is 2. The summed E-state index contributed by atoms with van der Waals surface area (Å²) in [6, 6.07) is 13.7. The van der Waals surface area contributed by atoms with Gasteiger partial charge < -0.3 is 9.64 Å². The number of piperidine rings is 1. The molecule has 152 valence electrons. The zero-order valence-electron chi connectivity index (χ0n) is 16.3. The summed E-state index contributed by atoms with van der Waals surface area (Å²) in [4.78, 5) is 13.8. The van der Waals surface area contributed by atoms with E-state index in [-0.39, 0.29) is 35.1 Å². The lowest BCUT2D eigenvalue weighted by Gasteiger charge is -2.32. The van der Waals surface area contributed by atoms with Crippen molar-refractivity contribution in [2.24, 2.45) is 5.92 Å². The molecule has 0 N–H and O–H groups in total. The Hall–Kier alpha value is -1.75. The van der Waals surface area contributed by atoms with E-state index in [2.05, 4.69) is 29.2 Å². The van der Waals surface area contributed by atoms with Gasteiger partial charge in [-0.05, 0) is 84.8 Å². The Balaban J connectivity index is 1.38. The van der Waals surface area contributed by atoms with Gasteiger partial charge in [-0.3, -0.25) is 4.79 Å². The molecule has 2 fully saturated rings. The zero-order valence-corrected chi connectivity index (χ0v) is 17.1. The van der Waals surface area contributed by atoms with Gasteiger partial charge in [-0.2, -0.15) is 0 Å². The number of nitrogens with zero attached hydrogens (tertiary/aromatic N) is 1. The van der Waals surface area contributed by atoms with Crippen molar-refractivity contribution in [2.45, 2.75) is 43.8 Å². The van der Waals surface area contributed by atoms with Crippen LogP contribution >= 0.6 is 11.6 Å². The largest absolute Gasteiger partial charge is 0.368 e. The normalized spacial score (nSPS) is 27.0. The number of likely N-dealkylation sites (tertiary alicyclic amines) is 1. The molecular formula is C24H25ClFNO2. The molecular weight excluding hydrogens is 389 g/mol. The van der Waals surface area contributed by atoms with Crippen molar-refractivity contribution in [3.8, 4) is 0 Å². The molecule has 0 saturated carbocycles. The van der Waals surface area contributed by atoms with E-state index < -0.39 is 0 Å². The fourth-order valence-electron chi connectivity index (χ4n) is 5.35. The topological polar surface area (TPSA) is 29.5 Å². The van der Waals surface area contributed by atoms with Gasteiger partial charge in [0.15, 0.2) is 0 Å². The van der Waals surface area contributed by atoms with Crippen molar-refractivity contribution in [1.82, 2.24) is 4.90 Å². The number of halogens is 2. The molecule has 2 aliphatic heterocycles. The molecule has 29 heavy (non-hydrogen) atoms. The van der Waals surface area contributed by atoms with E-state index in [1.165, 1.54) is 11.1 Å². The smallest absolute Gasteiger partial charge is 0.224 e. The zero-order chi connectivity index (χ0) is 20.0. The lowest BCUT2D eigenvalue weighted by Crippen LogP contribution is -2.39. The molecule has 0 aromatic heterocycles. The molecule has 3 nitrogen and oxygen atoms in total. The van der Waals surface area contributed by atoms with Gasteiger partial charge in [0, 0.05) is 18.4 Å². The number of hydrogen-bond donors (Lipinski definition) is 0. The SMILES string of the molecule is O=C(Cl)C1CCN(C[C@H]2C[C@@H]3c4ccccc4Cc4ccc(F)cc4[C@@H]3O2)CC1. The number of carbonyl (C=O) groups excluding carboxylic acids is 1. The minimum absolute atomic E-state index is 0.00904. The third-order valence-corrected chi connectivity index (χ3v) is 7.15. The minimum atomic E-state index is -0.209. The molecule has 1 aliphatic carbocycles. The fraction of sp³-hybridized carbons (Fsp3) is 0.458. The highest BCUT2D eigenvalue weighted by molar-refractivity contribution is 6.63. The van der Waals surface area contributed by atoms with Gasteiger partial charge in [0.1, 0.15) is 5.82 Å². The Kier molecular flexibility index (Phi) is 5.19. The highest BCUT2D eigenvalue weighted by atomic mass is 35.5. The van der Waals surface area contributed by atoms with Crippen molar-refractivity contribution in [2.75, 3.05) is 19.6 Å². The maximum atomic E-state index is 14.1. The minimum Gasteiger partial charge on any atom is -0.368 e. The summed E-state index contributed by atoms with van der Waals surface area (Å²) in [5.41, 5.74) is 4.81. The summed E-state index contributed by atoms with van der Waals surface area (Å²) < 4.78 is 20.6. The molecule has 2 aromatic carbocycles. The monoisotopic (exact) mass is 413 g/mol. The third-order valence-electron chi connectivity index (χ3n) is 6.84. The van der Waals surface area contributed by atoms with Crippen LogP contribution in [-0.4, -0.2) is 35.9 Å². The average molecular weight is 414 g/mol. The van der Waals surface area contributed by atoms with Gasteiger partial charge in [0.2, 0.25) is 5.24 Å². The van der Waals surface area contributed by atoms with Crippen LogP contribution in [0.2, 0.25) is 0 Å². The molecule has 0 radical (unpaired) electrons. The first-order valence-corrected chi connectivity index (χ1v) is 10.9. The highest BCUT2D eigenvalue weighted by Crippen LogP contribution is 2.49. The quantitative estimate of drug-likeness (QED) is 0.675. The van der Waals surface area contributed by atoms with Crippen molar-refractivity contribution in [3.05, 3.63) is 70.5 Å². The second-order valence-electron chi connectivity index (χ2n) is 8.62. The molecule has 2 aromatic rings. The first-order chi connectivity index (χ1) is 14.1. The lowest BCUT2D eigenvalue weighted by molar-refractivity contribution is -0.116. The Bertz CT molecular complexity index is 925. The number of rotatable bonds is 3. The Morgan fingerprint density at radius 1 is 1.10 bits per heavy atom. The summed E-state index contributed by atoms with van der Waals surface area (Å²) in [5, 5.41) is -0.209. The first kappa shape index (κ1) is 19.2. The van der Waals surface area contributed by atoms with Gasteiger partial charge >= 0.3 is 0 Å².